The molecule has 0 aliphatic rings. The second-order valence-corrected chi connectivity index (χ2v) is 5.33. The summed E-state index contributed by atoms with van der Waals surface area (Å²) in [5.74, 6) is -0.226. The summed E-state index contributed by atoms with van der Waals surface area (Å²) in [5, 5.41) is 0.592. The van der Waals surface area contributed by atoms with Crippen LogP contribution in [-0.4, -0.2) is 7.05 Å². The third kappa shape index (κ3) is 3.30. The van der Waals surface area contributed by atoms with E-state index in [0.717, 1.165) is 16.8 Å². The second kappa shape index (κ2) is 6.25. The molecule has 0 heterocycles. The van der Waals surface area contributed by atoms with Crippen molar-refractivity contribution in [1.82, 2.24) is 0 Å². The molecular weight excluding hydrogens is 275 g/mol. The Kier molecular flexibility index (Phi) is 4.63. The van der Waals surface area contributed by atoms with E-state index in [2.05, 4.69) is 0 Å². The lowest BCUT2D eigenvalue weighted by Crippen LogP contribution is -2.17. The van der Waals surface area contributed by atoms with E-state index in [1.807, 2.05) is 36.2 Å². The maximum absolute atomic E-state index is 13.6. The van der Waals surface area contributed by atoms with E-state index in [1.54, 1.807) is 13.0 Å². The van der Waals surface area contributed by atoms with Gasteiger partial charge in [-0.1, -0.05) is 23.7 Å². The van der Waals surface area contributed by atoms with Crippen molar-refractivity contribution in [2.75, 3.05) is 11.9 Å². The Labute approximate surface area is 124 Å². The summed E-state index contributed by atoms with van der Waals surface area (Å²) in [6, 6.07) is 11.1. The molecule has 0 saturated heterocycles. The second-order valence-electron chi connectivity index (χ2n) is 4.92. The molecule has 0 saturated carbocycles. The van der Waals surface area contributed by atoms with Crippen molar-refractivity contribution in [3.63, 3.8) is 0 Å². The van der Waals surface area contributed by atoms with Gasteiger partial charge in [-0.25, -0.2) is 4.39 Å². The molecule has 2 rings (SSSR count). The molecule has 0 atom stereocenters. The third-order valence-corrected chi connectivity index (χ3v) is 3.70. The molecule has 106 valence electrons. The Morgan fingerprint density at radius 1 is 1.20 bits per heavy atom. The number of aryl methyl sites for hydroxylation is 1. The van der Waals surface area contributed by atoms with E-state index in [0.29, 0.717) is 23.7 Å². The quantitative estimate of drug-likeness (QED) is 0.926. The first-order valence-corrected chi connectivity index (χ1v) is 6.83. The summed E-state index contributed by atoms with van der Waals surface area (Å²) in [7, 11) is 1.95. The number of nitrogens with two attached hydrogens (primary N) is 1. The highest BCUT2D eigenvalue weighted by molar-refractivity contribution is 6.31. The molecule has 2 aromatic carbocycles. The van der Waals surface area contributed by atoms with Crippen LogP contribution in [0.5, 0.6) is 0 Å². The number of nitrogens with zero attached hydrogens (tertiary/aromatic N) is 1. The van der Waals surface area contributed by atoms with Crippen molar-refractivity contribution in [3.05, 3.63) is 63.9 Å². The average molecular weight is 293 g/mol. The molecular formula is C16H18ClFN2. The molecule has 0 bridgehead atoms. The van der Waals surface area contributed by atoms with Crippen LogP contribution in [-0.2, 0) is 13.1 Å². The van der Waals surface area contributed by atoms with Crippen molar-refractivity contribution in [2.45, 2.75) is 20.0 Å². The zero-order valence-electron chi connectivity index (χ0n) is 11.7. The van der Waals surface area contributed by atoms with Gasteiger partial charge in [0.15, 0.2) is 0 Å². The summed E-state index contributed by atoms with van der Waals surface area (Å²) in [4.78, 5) is 2.02. The molecule has 0 spiro atoms. The number of rotatable bonds is 4. The van der Waals surface area contributed by atoms with Crippen LogP contribution in [0.3, 0.4) is 0 Å². The summed E-state index contributed by atoms with van der Waals surface area (Å²) in [5.41, 5.74) is 9.04. The van der Waals surface area contributed by atoms with Crippen molar-refractivity contribution >= 4 is 17.3 Å². The first kappa shape index (κ1) is 14.8. The highest BCUT2D eigenvalue weighted by Gasteiger charge is 2.09. The highest BCUT2D eigenvalue weighted by atomic mass is 35.5. The molecule has 0 aliphatic heterocycles. The molecule has 0 unspecified atom stereocenters. The van der Waals surface area contributed by atoms with Gasteiger partial charge in [-0.3, -0.25) is 0 Å². The fourth-order valence-corrected chi connectivity index (χ4v) is 2.32. The Balaban J connectivity index is 2.18. The van der Waals surface area contributed by atoms with Gasteiger partial charge in [-0.2, -0.15) is 0 Å². The SMILES string of the molecule is Cc1cc(Cl)c(CN(C)c2ccc(CN)cc2)cc1F. The minimum Gasteiger partial charge on any atom is -0.370 e. The van der Waals surface area contributed by atoms with Crippen LogP contribution >= 0.6 is 11.6 Å². The molecule has 0 fully saturated rings. The maximum atomic E-state index is 13.6. The van der Waals surface area contributed by atoms with E-state index < -0.39 is 0 Å². The summed E-state index contributed by atoms with van der Waals surface area (Å²) in [6.45, 7) is 2.79. The lowest BCUT2D eigenvalue weighted by atomic mass is 10.1. The van der Waals surface area contributed by atoms with E-state index in [-0.39, 0.29) is 5.82 Å². The molecule has 0 aromatic heterocycles. The van der Waals surface area contributed by atoms with Gasteiger partial charge in [-0.05, 0) is 47.9 Å². The average Bonchev–Trinajstić information content (AvgIpc) is 2.44. The number of halogens is 2. The van der Waals surface area contributed by atoms with Gasteiger partial charge < -0.3 is 10.6 Å². The van der Waals surface area contributed by atoms with Crippen LogP contribution in [0.25, 0.3) is 0 Å². The number of anilines is 1. The van der Waals surface area contributed by atoms with Crippen molar-refractivity contribution < 1.29 is 4.39 Å². The monoisotopic (exact) mass is 292 g/mol. The first-order valence-electron chi connectivity index (χ1n) is 6.46. The van der Waals surface area contributed by atoms with Crippen LogP contribution in [0.2, 0.25) is 5.02 Å². The van der Waals surface area contributed by atoms with Crippen LogP contribution < -0.4 is 10.6 Å². The molecule has 2 aromatic rings. The fraction of sp³-hybridized carbons (Fsp3) is 0.250. The van der Waals surface area contributed by atoms with Gasteiger partial charge in [0.1, 0.15) is 5.82 Å². The van der Waals surface area contributed by atoms with Crippen LogP contribution in [0.15, 0.2) is 36.4 Å². The standard InChI is InChI=1S/C16H18ClFN2/c1-11-7-15(17)13(8-16(11)18)10-20(2)14-5-3-12(9-19)4-6-14/h3-8H,9-10,19H2,1-2H3. The van der Waals surface area contributed by atoms with Crippen LogP contribution in [0.1, 0.15) is 16.7 Å². The van der Waals surface area contributed by atoms with Crippen molar-refractivity contribution in [3.8, 4) is 0 Å². The lowest BCUT2D eigenvalue weighted by Gasteiger charge is -2.20. The zero-order valence-corrected chi connectivity index (χ0v) is 12.4. The van der Waals surface area contributed by atoms with Gasteiger partial charge in [-0.15, -0.1) is 0 Å². The highest BCUT2D eigenvalue weighted by Crippen LogP contribution is 2.24. The maximum Gasteiger partial charge on any atom is 0.126 e. The number of benzene rings is 2. The molecule has 0 radical (unpaired) electrons. The Morgan fingerprint density at radius 2 is 1.85 bits per heavy atom. The van der Waals surface area contributed by atoms with Crippen LogP contribution in [0, 0.1) is 12.7 Å². The van der Waals surface area contributed by atoms with Gasteiger partial charge in [0.25, 0.3) is 0 Å². The normalized spacial score (nSPS) is 10.7. The van der Waals surface area contributed by atoms with Gasteiger partial charge in [0.2, 0.25) is 0 Å². The van der Waals surface area contributed by atoms with Crippen molar-refractivity contribution in [1.29, 1.82) is 0 Å². The molecule has 0 aliphatic carbocycles. The summed E-state index contributed by atoms with van der Waals surface area (Å²) < 4.78 is 13.6. The molecule has 20 heavy (non-hydrogen) atoms. The van der Waals surface area contributed by atoms with Crippen LogP contribution in [0.4, 0.5) is 10.1 Å². The van der Waals surface area contributed by atoms with Gasteiger partial charge >= 0.3 is 0 Å². The molecule has 4 heteroatoms. The van der Waals surface area contributed by atoms with E-state index >= 15 is 0 Å². The predicted octanol–water partition coefficient (Wildman–Crippen LogP) is 3.88. The topological polar surface area (TPSA) is 29.3 Å². The molecule has 2 N–H and O–H groups in total. The van der Waals surface area contributed by atoms with Crippen molar-refractivity contribution in [2.24, 2.45) is 5.73 Å². The number of hydrogen-bond acceptors (Lipinski definition) is 2. The molecule has 2 nitrogen and oxygen atoms in total. The minimum atomic E-state index is -0.226. The zero-order chi connectivity index (χ0) is 14.7. The Bertz CT molecular complexity index is 596. The summed E-state index contributed by atoms with van der Waals surface area (Å²) >= 11 is 6.17. The lowest BCUT2D eigenvalue weighted by molar-refractivity contribution is 0.616. The van der Waals surface area contributed by atoms with E-state index in [1.165, 1.54) is 6.07 Å². The third-order valence-electron chi connectivity index (χ3n) is 3.35. The predicted molar refractivity (Wildman–Crippen MR) is 82.6 cm³/mol. The molecule has 0 amide bonds. The Morgan fingerprint density at radius 3 is 2.45 bits per heavy atom. The van der Waals surface area contributed by atoms with E-state index in [9.17, 15) is 4.39 Å². The largest absolute Gasteiger partial charge is 0.370 e. The Hall–Kier alpha value is -1.58. The van der Waals surface area contributed by atoms with Gasteiger partial charge in [0, 0.05) is 30.8 Å². The summed E-state index contributed by atoms with van der Waals surface area (Å²) in [6.07, 6.45) is 0. The van der Waals surface area contributed by atoms with Gasteiger partial charge in [0.05, 0.1) is 0 Å². The smallest absolute Gasteiger partial charge is 0.126 e. The fourth-order valence-electron chi connectivity index (χ4n) is 2.04. The first-order chi connectivity index (χ1) is 9.51. The number of hydrogen-bond donors (Lipinski definition) is 1. The minimum absolute atomic E-state index is 0.226. The van der Waals surface area contributed by atoms with E-state index in [4.69, 9.17) is 17.3 Å².